The lowest BCUT2D eigenvalue weighted by Gasteiger charge is -2.12. The highest BCUT2D eigenvalue weighted by molar-refractivity contribution is 5.00. The predicted molar refractivity (Wildman–Crippen MR) is 61.6 cm³/mol. The summed E-state index contributed by atoms with van der Waals surface area (Å²) in [5, 5.41) is 7.95. The van der Waals surface area contributed by atoms with Crippen LogP contribution in [0.3, 0.4) is 0 Å². The van der Waals surface area contributed by atoms with Crippen molar-refractivity contribution in [3.63, 3.8) is 0 Å². The Morgan fingerprint density at radius 1 is 1.47 bits per heavy atom. The van der Waals surface area contributed by atoms with Crippen LogP contribution < -0.4 is 5.32 Å². The van der Waals surface area contributed by atoms with Crippen LogP contribution in [0.25, 0.3) is 0 Å². The fourth-order valence-electron chi connectivity index (χ4n) is 2.30. The minimum Gasteiger partial charge on any atom is -0.308 e. The van der Waals surface area contributed by atoms with E-state index in [-0.39, 0.29) is 0 Å². The van der Waals surface area contributed by atoms with Crippen LogP contribution in [-0.4, -0.2) is 15.8 Å². The molecule has 0 aliphatic heterocycles. The van der Waals surface area contributed by atoms with E-state index in [1.54, 1.807) is 0 Å². The first-order chi connectivity index (χ1) is 7.40. The molecule has 3 nitrogen and oxygen atoms in total. The molecule has 1 aliphatic rings. The lowest BCUT2D eigenvalue weighted by atomic mass is 10.2. The van der Waals surface area contributed by atoms with E-state index in [9.17, 15) is 0 Å². The molecule has 1 N–H and O–H groups in total. The number of nitrogens with one attached hydrogen (secondary N) is 1. The summed E-state index contributed by atoms with van der Waals surface area (Å²) >= 11 is 0. The maximum atomic E-state index is 4.33. The maximum Gasteiger partial charge on any atom is 0.0522 e. The third-order valence-corrected chi connectivity index (χ3v) is 3.17. The van der Waals surface area contributed by atoms with Gasteiger partial charge in [-0.3, -0.25) is 4.68 Å². The Balaban J connectivity index is 1.83. The second-order valence-corrected chi connectivity index (χ2v) is 4.41. The molecule has 0 bridgehead atoms. The normalized spacial score (nSPS) is 17.4. The van der Waals surface area contributed by atoms with Crippen molar-refractivity contribution < 1.29 is 0 Å². The Kier molecular flexibility index (Phi) is 3.78. The van der Waals surface area contributed by atoms with Gasteiger partial charge in [-0.2, -0.15) is 5.10 Å². The van der Waals surface area contributed by atoms with Crippen LogP contribution in [0.4, 0.5) is 0 Å². The first-order valence-corrected chi connectivity index (χ1v) is 6.14. The summed E-state index contributed by atoms with van der Waals surface area (Å²) in [5.74, 6) is 0. The van der Waals surface area contributed by atoms with Gasteiger partial charge >= 0.3 is 0 Å². The smallest absolute Gasteiger partial charge is 0.0522 e. The summed E-state index contributed by atoms with van der Waals surface area (Å²) in [6.45, 7) is 4.20. The molecule has 1 fully saturated rings. The van der Waals surface area contributed by atoms with E-state index in [0.717, 1.165) is 25.6 Å². The standard InChI is InChI=1S/C12H21N3/c1-2-9-15-12(7-8-14-15)10-13-11-5-3-4-6-11/h7-8,11,13H,2-6,9-10H2,1H3. The van der Waals surface area contributed by atoms with E-state index in [2.05, 4.69) is 28.1 Å². The van der Waals surface area contributed by atoms with Gasteiger partial charge in [-0.05, 0) is 25.3 Å². The summed E-state index contributed by atoms with van der Waals surface area (Å²) in [7, 11) is 0. The van der Waals surface area contributed by atoms with Crippen molar-refractivity contribution in [2.75, 3.05) is 0 Å². The quantitative estimate of drug-likeness (QED) is 0.803. The Morgan fingerprint density at radius 2 is 2.27 bits per heavy atom. The molecule has 15 heavy (non-hydrogen) atoms. The zero-order valence-corrected chi connectivity index (χ0v) is 9.58. The summed E-state index contributed by atoms with van der Waals surface area (Å²) in [6.07, 6.45) is 8.54. The first kappa shape index (κ1) is 10.7. The van der Waals surface area contributed by atoms with E-state index in [0.29, 0.717) is 0 Å². The van der Waals surface area contributed by atoms with Crippen LogP contribution in [0.1, 0.15) is 44.7 Å². The molecule has 1 saturated carbocycles. The van der Waals surface area contributed by atoms with Crippen molar-refractivity contribution in [1.29, 1.82) is 0 Å². The van der Waals surface area contributed by atoms with Gasteiger partial charge in [-0.15, -0.1) is 0 Å². The van der Waals surface area contributed by atoms with E-state index >= 15 is 0 Å². The SMILES string of the molecule is CCCn1nccc1CNC1CCCC1. The third kappa shape index (κ3) is 2.81. The molecule has 1 heterocycles. The van der Waals surface area contributed by atoms with Crippen molar-refractivity contribution in [3.8, 4) is 0 Å². The average Bonchev–Trinajstić information content (AvgIpc) is 2.85. The monoisotopic (exact) mass is 207 g/mol. The van der Waals surface area contributed by atoms with Crippen molar-refractivity contribution >= 4 is 0 Å². The van der Waals surface area contributed by atoms with Crippen LogP contribution in [0.2, 0.25) is 0 Å². The number of aromatic nitrogens is 2. The Morgan fingerprint density at radius 3 is 3.00 bits per heavy atom. The topological polar surface area (TPSA) is 29.9 Å². The highest BCUT2D eigenvalue weighted by atomic mass is 15.3. The zero-order chi connectivity index (χ0) is 10.5. The van der Waals surface area contributed by atoms with Gasteiger partial charge < -0.3 is 5.32 Å². The van der Waals surface area contributed by atoms with Gasteiger partial charge in [0.2, 0.25) is 0 Å². The maximum absolute atomic E-state index is 4.33. The van der Waals surface area contributed by atoms with Crippen molar-refractivity contribution in [2.45, 2.75) is 58.2 Å². The largest absolute Gasteiger partial charge is 0.308 e. The summed E-state index contributed by atoms with van der Waals surface area (Å²) in [6, 6.07) is 2.87. The molecule has 0 unspecified atom stereocenters. The highest BCUT2D eigenvalue weighted by Crippen LogP contribution is 2.18. The predicted octanol–water partition coefficient (Wildman–Crippen LogP) is 2.33. The highest BCUT2D eigenvalue weighted by Gasteiger charge is 2.14. The Labute approximate surface area is 91.9 Å². The van der Waals surface area contributed by atoms with Gasteiger partial charge in [0.25, 0.3) is 0 Å². The molecule has 84 valence electrons. The number of nitrogens with zero attached hydrogens (tertiary/aromatic N) is 2. The zero-order valence-electron chi connectivity index (χ0n) is 9.58. The van der Waals surface area contributed by atoms with Gasteiger partial charge in [0.15, 0.2) is 0 Å². The van der Waals surface area contributed by atoms with E-state index in [1.807, 2.05) is 6.20 Å². The molecule has 2 rings (SSSR count). The summed E-state index contributed by atoms with van der Waals surface area (Å²) in [5.41, 5.74) is 1.32. The van der Waals surface area contributed by atoms with Gasteiger partial charge in [0.1, 0.15) is 0 Å². The number of aryl methyl sites for hydroxylation is 1. The van der Waals surface area contributed by atoms with E-state index in [1.165, 1.54) is 31.4 Å². The van der Waals surface area contributed by atoms with Crippen LogP contribution in [0.15, 0.2) is 12.3 Å². The van der Waals surface area contributed by atoms with E-state index in [4.69, 9.17) is 0 Å². The Bertz CT molecular complexity index is 287. The van der Waals surface area contributed by atoms with Crippen LogP contribution in [0, 0.1) is 0 Å². The van der Waals surface area contributed by atoms with E-state index < -0.39 is 0 Å². The summed E-state index contributed by atoms with van der Waals surface area (Å²) in [4.78, 5) is 0. The van der Waals surface area contributed by atoms with Gasteiger partial charge in [0.05, 0.1) is 5.69 Å². The van der Waals surface area contributed by atoms with Gasteiger partial charge in [0, 0.05) is 25.3 Å². The molecule has 1 aliphatic carbocycles. The fraction of sp³-hybridized carbons (Fsp3) is 0.750. The molecule has 1 aromatic rings. The summed E-state index contributed by atoms with van der Waals surface area (Å²) < 4.78 is 2.11. The molecule has 0 radical (unpaired) electrons. The minimum atomic E-state index is 0.745. The van der Waals surface area contributed by atoms with Crippen molar-refractivity contribution in [1.82, 2.24) is 15.1 Å². The fourth-order valence-corrected chi connectivity index (χ4v) is 2.30. The number of hydrogen-bond acceptors (Lipinski definition) is 2. The second-order valence-electron chi connectivity index (χ2n) is 4.41. The minimum absolute atomic E-state index is 0.745. The molecule has 3 heteroatoms. The average molecular weight is 207 g/mol. The molecule has 1 aromatic heterocycles. The molecular formula is C12H21N3. The molecule has 0 aromatic carbocycles. The molecule has 0 atom stereocenters. The van der Waals surface area contributed by atoms with Gasteiger partial charge in [-0.1, -0.05) is 19.8 Å². The van der Waals surface area contributed by atoms with Gasteiger partial charge in [-0.25, -0.2) is 0 Å². The van der Waals surface area contributed by atoms with Crippen LogP contribution in [-0.2, 0) is 13.1 Å². The lowest BCUT2D eigenvalue weighted by molar-refractivity contribution is 0.491. The molecular weight excluding hydrogens is 186 g/mol. The number of hydrogen-bond donors (Lipinski definition) is 1. The van der Waals surface area contributed by atoms with Crippen LogP contribution in [0.5, 0.6) is 0 Å². The Hall–Kier alpha value is -0.830. The molecule has 0 spiro atoms. The first-order valence-electron chi connectivity index (χ1n) is 6.14. The number of rotatable bonds is 5. The lowest BCUT2D eigenvalue weighted by Crippen LogP contribution is -2.26. The second kappa shape index (κ2) is 5.31. The van der Waals surface area contributed by atoms with Crippen LogP contribution >= 0.6 is 0 Å². The van der Waals surface area contributed by atoms with Crippen molar-refractivity contribution in [2.24, 2.45) is 0 Å². The van der Waals surface area contributed by atoms with Crippen molar-refractivity contribution in [3.05, 3.63) is 18.0 Å². The third-order valence-electron chi connectivity index (χ3n) is 3.17. The molecule has 0 amide bonds. The molecule has 0 saturated heterocycles.